The molecular formula is C19H31BrFNO2. The number of hydrogen-bond donors (Lipinski definition) is 0. The van der Waals surface area contributed by atoms with Gasteiger partial charge in [-0.05, 0) is 37.8 Å². The van der Waals surface area contributed by atoms with Gasteiger partial charge in [-0.25, -0.2) is 4.79 Å². The molecule has 24 heavy (non-hydrogen) atoms. The predicted molar refractivity (Wildman–Crippen MR) is 101 cm³/mol. The van der Waals surface area contributed by atoms with E-state index < -0.39 is 5.97 Å². The van der Waals surface area contributed by atoms with Crippen LogP contribution in [0.25, 0.3) is 0 Å². The van der Waals surface area contributed by atoms with Crippen LogP contribution in [-0.2, 0) is 11.2 Å². The van der Waals surface area contributed by atoms with Crippen molar-refractivity contribution >= 4 is 21.9 Å². The van der Waals surface area contributed by atoms with Gasteiger partial charge in [-0.1, -0.05) is 71.8 Å². The van der Waals surface area contributed by atoms with Crippen LogP contribution in [-0.4, -0.2) is 22.7 Å². The second-order valence-corrected chi connectivity index (χ2v) is 7.03. The Morgan fingerprint density at radius 3 is 2.12 bits per heavy atom. The summed E-state index contributed by atoms with van der Waals surface area (Å²) in [6.07, 6.45) is 14.9. The average Bonchev–Trinajstić information content (AvgIpc) is 2.94. The summed E-state index contributed by atoms with van der Waals surface area (Å²) in [5.41, 5.74) is 0.860. The molecule has 0 saturated heterocycles. The molecular weight excluding hydrogens is 373 g/mol. The van der Waals surface area contributed by atoms with Gasteiger partial charge in [-0.3, -0.25) is 0 Å². The van der Waals surface area contributed by atoms with Crippen molar-refractivity contribution in [1.82, 2.24) is 4.79 Å². The highest BCUT2D eigenvalue weighted by Gasteiger charge is 2.14. The van der Waals surface area contributed by atoms with E-state index in [2.05, 4.69) is 15.9 Å². The van der Waals surface area contributed by atoms with Crippen LogP contribution < -0.4 is 0 Å². The number of aromatic nitrogens is 1. The summed E-state index contributed by atoms with van der Waals surface area (Å²) < 4.78 is 18.5. The molecule has 0 aliphatic heterocycles. The largest absolute Gasteiger partial charge is 0.461 e. The smallest absolute Gasteiger partial charge is 0.357 e. The second-order valence-electron chi connectivity index (χ2n) is 6.24. The predicted octanol–water partition coefficient (Wildman–Crippen LogP) is 6.24. The van der Waals surface area contributed by atoms with Gasteiger partial charge in [-0.2, -0.15) is 4.79 Å². The molecule has 0 bridgehead atoms. The zero-order chi connectivity index (χ0) is 17.6. The highest BCUT2D eigenvalue weighted by molar-refractivity contribution is 9.09. The lowest BCUT2D eigenvalue weighted by atomic mass is 10.0. The molecule has 0 aliphatic rings. The zero-order valence-electron chi connectivity index (χ0n) is 14.9. The monoisotopic (exact) mass is 403 g/mol. The number of carbonyl (C=O) groups is 1. The van der Waals surface area contributed by atoms with Gasteiger partial charge in [0.05, 0.1) is 6.61 Å². The molecule has 0 aromatic carbocycles. The highest BCUT2D eigenvalue weighted by Crippen LogP contribution is 2.15. The summed E-state index contributed by atoms with van der Waals surface area (Å²) in [6, 6.07) is 1.60. The zero-order valence-corrected chi connectivity index (χ0v) is 16.5. The van der Waals surface area contributed by atoms with E-state index in [9.17, 15) is 9.28 Å². The van der Waals surface area contributed by atoms with E-state index in [1.54, 1.807) is 13.0 Å². The van der Waals surface area contributed by atoms with Crippen LogP contribution in [0.2, 0.25) is 0 Å². The average molecular weight is 404 g/mol. The third kappa shape index (κ3) is 8.86. The molecule has 0 saturated carbocycles. The number of ether oxygens (including phenoxy) is 1. The Balaban J connectivity index is 2.05. The van der Waals surface area contributed by atoms with Crippen molar-refractivity contribution in [2.75, 3.05) is 11.9 Å². The van der Waals surface area contributed by atoms with E-state index in [1.807, 2.05) is 0 Å². The third-order valence-electron chi connectivity index (χ3n) is 4.17. The quantitative estimate of drug-likeness (QED) is 0.209. The van der Waals surface area contributed by atoms with Crippen LogP contribution in [0.3, 0.4) is 0 Å². The van der Waals surface area contributed by atoms with Crippen molar-refractivity contribution < 1.29 is 14.0 Å². The van der Waals surface area contributed by atoms with Crippen molar-refractivity contribution in [3.05, 3.63) is 23.5 Å². The van der Waals surface area contributed by atoms with Crippen molar-refractivity contribution in [1.29, 1.82) is 0 Å². The van der Waals surface area contributed by atoms with Crippen LogP contribution >= 0.6 is 15.9 Å². The van der Waals surface area contributed by atoms with Crippen molar-refractivity contribution in [2.45, 2.75) is 77.6 Å². The van der Waals surface area contributed by atoms with Crippen LogP contribution in [0.4, 0.5) is 4.48 Å². The Kier molecular flexibility index (Phi) is 11.9. The normalized spacial score (nSPS) is 11.0. The fraction of sp³-hybridized carbons (Fsp3) is 0.737. The first kappa shape index (κ1) is 21.2. The van der Waals surface area contributed by atoms with E-state index in [1.165, 1.54) is 57.6 Å². The Labute approximate surface area is 154 Å². The van der Waals surface area contributed by atoms with Crippen LogP contribution in [0.5, 0.6) is 0 Å². The maximum atomic E-state index is 13.6. The van der Waals surface area contributed by atoms with E-state index >= 15 is 0 Å². The number of nitrogens with zero attached hydrogens (tertiary/aromatic N) is 1. The molecule has 1 aromatic heterocycles. The molecule has 138 valence electrons. The number of alkyl halides is 1. The molecule has 5 heteroatoms. The molecule has 0 aliphatic carbocycles. The number of unbranched alkanes of at least 4 members (excludes halogenated alkanes) is 9. The summed E-state index contributed by atoms with van der Waals surface area (Å²) in [7, 11) is 0. The number of rotatable bonds is 14. The molecule has 0 atom stereocenters. The molecule has 1 aromatic rings. The standard InChI is InChI=1S/C19H31BrFNO2/c1-2-24-19(23)18-15-17(16-22(18)21)13-11-9-7-5-3-4-6-8-10-12-14-20/h15-16H,2-14H2,1H3. The molecule has 0 radical (unpaired) electrons. The van der Waals surface area contributed by atoms with Crippen molar-refractivity contribution in [3.8, 4) is 0 Å². The maximum absolute atomic E-state index is 13.6. The maximum Gasteiger partial charge on any atom is 0.357 e. The Morgan fingerprint density at radius 2 is 1.58 bits per heavy atom. The Bertz CT molecular complexity index is 462. The summed E-state index contributed by atoms with van der Waals surface area (Å²) in [5, 5.41) is 1.13. The SMILES string of the molecule is CCOC(=O)c1cc(CCCCCCCCCCCCBr)cn1F. The fourth-order valence-corrected chi connectivity index (χ4v) is 3.21. The lowest BCUT2D eigenvalue weighted by Gasteiger charge is -2.02. The molecule has 0 unspecified atom stereocenters. The summed E-state index contributed by atoms with van der Waals surface area (Å²) in [4.78, 5) is 11.9. The molecule has 0 spiro atoms. The summed E-state index contributed by atoms with van der Waals surface area (Å²) >= 11 is 3.46. The van der Waals surface area contributed by atoms with E-state index in [0.29, 0.717) is 4.79 Å². The van der Waals surface area contributed by atoms with E-state index in [-0.39, 0.29) is 12.3 Å². The van der Waals surface area contributed by atoms with Crippen molar-refractivity contribution in [3.63, 3.8) is 0 Å². The molecule has 0 N–H and O–H groups in total. The molecule has 0 amide bonds. The van der Waals surface area contributed by atoms with Crippen molar-refractivity contribution in [2.24, 2.45) is 0 Å². The van der Waals surface area contributed by atoms with Gasteiger partial charge >= 0.3 is 5.97 Å². The van der Waals surface area contributed by atoms with E-state index in [4.69, 9.17) is 4.74 Å². The van der Waals surface area contributed by atoms with Crippen LogP contribution in [0.15, 0.2) is 12.3 Å². The summed E-state index contributed by atoms with van der Waals surface area (Å²) in [6.45, 7) is 1.98. The number of halogens is 2. The number of aryl methyl sites for hydroxylation is 1. The molecule has 1 rings (SSSR count). The summed E-state index contributed by atoms with van der Waals surface area (Å²) in [5.74, 6) is -0.595. The fourth-order valence-electron chi connectivity index (χ4n) is 2.82. The van der Waals surface area contributed by atoms with Crippen LogP contribution in [0, 0.1) is 0 Å². The minimum absolute atomic E-state index is 0.00763. The topological polar surface area (TPSA) is 31.2 Å². The minimum Gasteiger partial charge on any atom is -0.461 e. The first-order chi connectivity index (χ1) is 11.7. The lowest BCUT2D eigenvalue weighted by molar-refractivity contribution is 0.0502. The van der Waals surface area contributed by atoms with Crippen LogP contribution in [0.1, 0.15) is 87.2 Å². The van der Waals surface area contributed by atoms with Gasteiger partial charge in [0.2, 0.25) is 0 Å². The molecule has 3 nitrogen and oxygen atoms in total. The third-order valence-corrected chi connectivity index (χ3v) is 4.73. The van der Waals surface area contributed by atoms with Gasteiger partial charge in [0, 0.05) is 11.5 Å². The van der Waals surface area contributed by atoms with E-state index in [0.717, 1.165) is 30.2 Å². The number of esters is 1. The minimum atomic E-state index is -0.595. The number of carbonyl (C=O) groups excluding carboxylic acids is 1. The number of hydrogen-bond acceptors (Lipinski definition) is 2. The lowest BCUT2D eigenvalue weighted by Crippen LogP contribution is -2.07. The Morgan fingerprint density at radius 1 is 1.04 bits per heavy atom. The molecule has 0 fully saturated rings. The van der Waals surface area contributed by atoms with Gasteiger partial charge < -0.3 is 4.74 Å². The highest BCUT2D eigenvalue weighted by atomic mass is 79.9. The van der Waals surface area contributed by atoms with Gasteiger partial charge in [0.1, 0.15) is 0 Å². The first-order valence-corrected chi connectivity index (χ1v) is 10.4. The Hall–Kier alpha value is -0.840. The second kappa shape index (κ2) is 13.5. The van der Waals surface area contributed by atoms with Gasteiger partial charge in [0.25, 0.3) is 0 Å². The molecule has 1 heterocycles. The first-order valence-electron chi connectivity index (χ1n) is 9.29. The van der Waals surface area contributed by atoms with Gasteiger partial charge in [0.15, 0.2) is 5.69 Å². The van der Waals surface area contributed by atoms with Gasteiger partial charge in [-0.15, -0.1) is 0 Å².